The molecule has 0 aliphatic carbocycles. The van der Waals surface area contributed by atoms with Crippen LogP contribution >= 0.6 is 0 Å². The molecule has 1 aromatic rings. The first-order valence-corrected chi connectivity index (χ1v) is 4.12. The van der Waals surface area contributed by atoms with Crippen LogP contribution in [0.1, 0.15) is 5.76 Å². The summed E-state index contributed by atoms with van der Waals surface area (Å²) in [6.07, 6.45) is -1.42. The van der Waals surface area contributed by atoms with Gasteiger partial charge in [-0.25, -0.2) is 10.7 Å². The fourth-order valence-electron chi connectivity index (χ4n) is 0.800. The molecular weight excluding hydrogens is 220 g/mol. The molecule has 9 heteroatoms. The minimum atomic E-state index is -1.42. The molecule has 0 saturated heterocycles. The van der Waals surface area contributed by atoms with Crippen molar-refractivity contribution in [1.82, 2.24) is 5.16 Å². The van der Waals surface area contributed by atoms with Gasteiger partial charge in [-0.3, -0.25) is 0 Å². The predicted octanol–water partition coefficient (Wildman–Crippen LogP) is -0.673. The van der Waals surface area contributed by atoms with Crippen molar-refractivity contribution in [3.63, 3.8) is 0 Å². The molecule has 0 bridgehead atoms. The lowest BCUT2D eigenvalue weighted by Gasteiger charge is -1.97. The maximum absolute atomic E-state index is 10.2. The maximum atomic E-state index is 10.2. The fourth-order valence-corrected chi connectivity index (χ4v) is 0.800. The van der Waals surface area contributed by atoms with Gasteiger partial charge < -0.3 is 24.9 Å². The van der Waals surface area contributed by atoms with E-state index >= 15 is 0 Å². The van der Waals surface area contributed by atoms with Crippen LogP contribution in [0.25, 0.3) is 0 Å². The zero-order valence-corrected chi connectivity index (χ0v) is 8.12. The van der Waals surface area contributed by atoms with Crippen molar-refractivity contribution in [2.75, 3.05) is 13.2 Å². The molecule has 0 atom stereocenters. The largest absolute Gasteiger partial charge is 0.473 e. The zero-order valence-electron chi connectivity index (χ0n) is 8.12. The number of hydrogen-bond donors (Lipinski definition) is 3. The van der Waals surface area contributed by atoms with Crippen LogP contribution in [0.5, 0.6) is 5.88 Å². The predicted molar refractivity (Wildman–Crippen MR) is 50.9 cm³/mol. The van der Waals surface area contributed by atoms with Gasteiger partial charge in [0.2, 0.25) is 5.76 Å². The molecule has 1 heterocycles. The van der Waals surface area contributed by atoms with Gasteiger partial charge in [0, 0.05) is 0 Å². The first kappa shape index (κ1) is 11.9. The molecule has 16 heavy (non-hydrogen) atoms. The molecule has 1 aromatic heterocycles. The fraction of sp³-hybridized carbons (Fsp3) is 0.286. The van der Waals surface area contributed by atoms with Crippen molar-refractivity contribution in [1.29, 1.82) is 0 Å². The minimum absolute atomic E-state index is 0.00562. The average Bonchev–Trinajstić information content (AvgIpc) is 2.66. The van der Waals surface area contributed by atoms with Gasteiger partial charge in [0.05, 0.1) is 6.07 Å². The molecule has 0 radical (unpaired) electrons. The number of aliphatic imine (C=N–C) groups is 1. The van der Waals surface area contributed by atoms with Gasteiger partial charge in [-0.15, -0.1) is 0 Å². The third-order valence-corrected chi connectivity index (χ3v) is 1.41. The van der Waals surface area contributed by atoms with Gasteiger partial charge >= 0.3 is 6.09 Å². The van der Waals surface area contributed by atoms with Gasteiger partial charge in [-0.2, -0.15) is 4.99 Å². The first-order valence-electron chi connectivity index (χ1n) is 4.12. The number of ether oxygens (including phenoxy) is 1. The normalized spacial score (nSPS) is 11.4. The molecule has 1 amide bonds. The smallest absolute Gasteiger partial charge is 0.433 e. The summed E-state index contributed by atoms with van der Waals surface area (Å²) in [4.78, 5) is 17.5. The Labute approximate surface area is 89.6 Å². The molecule has 88 valence electrons. The number of carbonyl (C=O) groups is 1. The highest BCUT2D eigenvalue weighted by Crippen LogP contribution is 2.10. The van der Waals surface area contributed by atoms with Gasteiger partial charge in [0.1, 0.15) is 13.2 Å². The Morgan fingerprint density at radius 1 is 1.62 bits per heavy atom. The van der Waals surface area contributed by atoms with E-state index in [9.17, 15) is 4.79 Å². The van der Waals surface area contributed by atoms with E-state index in [1.54, 1.807) is 0 Å². The second kappa shape index (κ2) is 5.68. The lowest BCUT2D eigenvalue weighted by Crippen LogP contribution is -2.14. The highest BCUT2D eigenvalue weighted by molar-refractivity contribution is 6.00. The van der Waals surface area contributed by atoms with Crippen molar-refractivity contribution in [2.45, 2.75) is 0 Å². The Balaban J connectivity index is 2.60. The van der Waals surface area contributed by atoms with Crippen LogP contribution < -0.4 is 16.4 Å². The molecule has 0 aliphatic rings. The second-order valence-electron chi connectivity index (χ2n) is 2.53. The molecule has 0 spiro atoms. The lowest BCUT2D eigenvalue weighted by atomic mass is 10.4. The Hall–Kier alpha value is -2.13. The van der Waals surface area contributed by atoms with Crippen molar-refractivity contribution in [3.05, 3.63) is 11.8 Å². The molecule has 9 nitrogen and oxygen atoms in total. The van der Waals surface area contributed by atoms with Crippen LogP contribution in [-0.2, 0) is 4.84 Å². The quantitative estimate of drug-likeness (QED) is 0.261. The van der Waals surface area contributed by atoms with Crippen molar-refractivity contribution >= 4 is 11.9 Å². The van der Waals surface area contributed by atoms with Crippen LogP contribution in [-0.4, -0.2) is 35.4 Å². The Morgan fingerprint density at radius 2 is 2.38 bits per heavy atom. The second-order valence-corrected chi connectivity index (χ2v) is 2.53. The van der Waals surface area contributed by atoms with E-state index in [4.69, 9.17) is 26.0 Å². The summed E-state index contributed by atoms with van der Waals surface area (Å²) < 4.78 is 9.71. The molecule has 0 aliphatic heterocycles. The summed E-state index contributed by atoms with van der Waals surface area (Å²) in [5.41, 5.74) is 5.30. The summed E-state index contributed by atoms with van der Waals surface area (Å²) >= 11 is 0. The third kappa shape index (κ3) is 3.55. The molecule has 1 rings (SSSR count). The van der Waals surface area contributed by atoms with Gasteiger partial charge in [-0.1, -0.05) is 0 Å². The van der Waals surface area contributed by atoms with Crippen LogP contribution in [0.3, 0.4) is 0 Å². The molecule has 5 N–H and O–H groups in total. The van der Waals surface area contributed by atoms with Crippen molar-refractivity contribution in [2.24, 2.45) is 16.6 Å². The number of aromatic nitrogens is 1. The number of amidine groups is 1. The Morgan fingerprint density at radius 3 is 3.00 bits per heavy atom. The van der Waals surface area contributed by atoms with Crippen molar-refractivity contribution in [3.8, 4) is 5.88 Å². The summed E-state index contributed by atoms with van der Waals surface area (Å²) in [6.45, 7) is 0.360. The van der Waals surface area contributed by atoms with Crippen LogP contribution in [0.15, 0.2) is 15.6 Å². The van der Waals surface area contributed by atoms with Crippen LogP contribution in [0, 0.1) is 0 Å². The number of rotatable bonds is 5. The van der Waals surface area contributed by atoms with Gasteiger partial charge in [-0.05, 0) is 5.16 Å². The maximum Gasteiger partial charge on any atom is 0.433 e. The third-order valence-electron chi connectivity index (χ3n) is 1.41. The number of amides is 1. The van der Waals surface area contributed by atoms with Gasteiger partial charge in [0.15, 0.2) is 5.84 Å². The highest BCUT2D eigenvalue weighted by Gasteiger charge is 2.10. The molecule has 0 fully saturated rings. The Kier molecular flexibility index (Phi) is 4.24. The van der Waals surface area contributed by atoms with E-state index < -0.39 is 6.09 Å². The summed E-state index contributed by atoms with van der Waals surface area (Å²) in [5, 5.41) is 11.8. The van der Waals surface area contributed by atoms with E-state index in [-0.39, 0.29) is 30.7 Å². The van der Waals surface area contributed by atoms with Gasteiger partial charge in [0.25, 0.3) is 5.88 Å². The highest BCUT2D eigenvalue weighted by atomic mass is 16.6. The van der Waals surface area contributed by atoms with Crippen LogP contribution in [0.2, 0.25) is 0 Å². The summed E-state index contributed by atoms with van der Waals surface area (Å²) in [5.74, 6) is 4.61. The van der Waals surface area contributed by atoms with E-state index in [2.05, 4.69) is 15.0 Å². The summed E-state index contributed by atoms with van der Waals surface area (Å²) in [6, 6.07) is 1.30. The molecule has 0 aromatic carbocycles. The first-order chi connectivity index (χ1) is 7.63. The molecular formula is C7H10N4O5. The van der Waals surface area contributed by atoms with Crippen molar-refractivity contribution < 1.29 is 24.0 Å². The van der Waals surface area contributed by atoms with Crippen LogP contribution in [0.4, 0.5) is 4.79 Å². The van der Waals surface area contributed by atoms with E-state index in [1.165, 1.54) is 6.07 Å². The zero-order chi connectivity index (χ0) is 12.0. The Bertz CT molecular complexity index is 388. The monoisotopic (exact) mass is 230 g/mol. The molecule has 0 unspecified atom stereocenters. The summed E-state index contributed by atoms with van der Waals surface area (Å²) in [7, 11) is 0. The van der Waals surface area contributed by atoms with E-state index in [1.807, 2.05) is 0 Å². The number of carboxylic acid groups (broad SMARTS) is 1. The average molecular weight is 230 g/mol. The topological polar surface area (TPSA) is 146 Å². The lowest BCUT2D eigenvalue weighted by molar-refractivity contribution is 0.0987. The number of nitrogens with two attached hydrogens (primary N) is 2. The number of hydrogen-bond acceptors (Lipinski definition) is 6. The van der Waals surface area contributed by atoms with E-state index in [0.717, 1.165) is 0 Å². The SMILES string of the molecule is NOCCOc1cc(C(N)=NC(=O)O)on1. The minimum Gasteiger partial charge on any atom is -0.473 e. The molecule has 0 saturated carbocycles. The standard InChI is InChI=1S/C7H10N4O5/c8-6(10-7(12)13)4-3-5(11-16-4)14-1-2-15-9/h3H,1-2,9H2,(H2,8,10)(H,12,13). The number of nitrogens with zero attached hydrogens (tertiary/aromatic N) is 2. The van der Waals surface area contributed by atoms with E-state index in [0.29, 0.717) is 0 Å².